The molecule has 134 valence electrons. The minimum atomic E-state index is -0.194. The Morgan fingerprint density at radius 1 is 1.08 bits per heavy atom. The molecule has 1 aliphatic rings. The zero-order valence-electron chi connectivity index (χ0n) is 15.1. The standard InChI is InChI=1S/C22H22O4/c1-14-20(25-13-15-6-5-7-16(12-15)24-2)11-10-18-17-8-3-4-9-19(17)22(23)26-21(14)18/h5-7,10-12H,3-4,8-9,13H2,1-2H3. The number of hydrogen-bond acceptors (Lipinski definition) is 4. The van der Waals surface area contributed by atoms with Crippen molar-refractivity contribution in [1.29, 1.82) is 0 Å². The van der Waals surface area contributed by atoms with Crippen LogP contribution >= 0.6 is 0 Å². The van der Waals surface area contributed by atoms with Gasteiger partial charge >= 0.3 is 5.63 Å². The molecule has 0 spiro atoms. The summed E-state index contributed by atoms with van der Waals surface area (Å²) < 4.78 is 16.9. The Labute approximate surface area is 152 Å². The van der Waals surface area contributed by atoms with Gasteiger partial charge in [-0.2, -0.15) is 0 Å². The number of fused-ring (bicyclic) bond motifs is 3. The molecule has 26 heavy (non-hydrogen) atoms. The molecule has 1 aliphatic carbocycles. The van der Waals surface area contributed by atoms with E-state index in [1.54, 1.807) is 7.11 Å². The van der Waals surface area contributed by atoms with Crippen molar-refractivity contribution in [2.24, 2.45) is 0 Å². The molecule has 0 unspecified atom stereocenters. The van der Waals surface area contributed by atoms with Crippen LogP contribution in [0.25, 0.3) is 11.0 Å². The molecule has 2 aromatic carbocycles. The first-order valence-electron chi connectivity index (χ1n) is 9.01. The summed E-state index contributed by atoms with van der Waals surface area (Å²) in [7, 11) is 1.65. The Morgan fingerprint density at radius 2 is 1.88 bits per heavy atom. The molecular formula is C22H22O4. The summed E-state index contributed by atoms with van der Waals surface area (Å²) in [5.74, 6) is 1.54. The van der Waals surface area contributed by atoms with Gasteiger partial charge in [-0.1, -0.05) is 12.1 Å². The van der Waals surface area contributed by atoms with E-state index in [1.807, 2.05) is 43.3 Å². The lowest BCUT2D eigenvalue weighted by atomic mass is 9.90. The number of methoxy groups -OCH3 is 1. The molecule has 3 aromatic rings. The molecule has 0 bridgehead atoms. The van der Waals surface area contributed by atoms with Crippen LogP contribution in [0.1, 0.15) is 35.1 Å². The number of aryl methyl sites for hydroxylation is 2. The number of hydrogen-bond donors (Lipinski definition) is 0. The highest BCUT2D eigenvalue weighted by molar-refractivity contribution is 5.86. The Balaban J connectivity index is 1.68. The van der Waals surface area contributed by atoms with E-state index < -0.39 is 0 Å². The van der Waals surface area contributed by atoms with Gasteiger partial charge in [-0.05, 0) is 68.0 Å². The Kier molecular flexibility index (Phi) is 4.41. The fourth-order valence-electron chi connectivity index (χ4n) is 3.70. The molecule has 0 saturated carbocycles. The molecule has 1 aromatic heterocycles. The zero-order chi connectivity index (χ0) is 18.1. The molecular weight excluding hydrogens is 328 g/mol. The third kappa shape index (κ3) is 2.96. The van der Waals surface area contributed by atoms with Crippen LogP contribution in [0.3, 0.4) is 0 Å². The van der Waals surface area contributed by atoms with Gasteiger partial charge in [0.2, 0.25) is 0 Å². The van der Waals surface area contributed by atoms with Crippen LogP contribution in [0.5, 0.6) is 11.5 Å². The smallest absolute Gasteiger partial charge is 0.339 e. The van der Waals surface area contributed by atoms with E-state index in [2.05, 4.69) is 0 Å². The second kappa shape index (κ2) is 6.87. The van der Waals surface area contributed by atoms with Crippen LogP contribution in [0.4, 0.5) is 0 Å². The van der Waals surface area contributed by atoms with Crippen molar-refractivity contribution in [3.63, 3.8) is 0 Å². The van der Waals surface area contributed by atoms with Gasteiger partial charge in [0, 0.05) is 16.5 Å². The van der Waals surface area contributed by atoms with Gasteiger partial charge in [-0.15, -0.1) is 0 Å². The zero-order valence-corrected chi connectivity index (χ0v) is 15.1. The molecule has 1 heterocycles. The molecule has 0 fully saturated rings. The molecule has 4 rings (SSSR count). The number of rotatable bonds is 4. The fraction of sp³-hybridized carbons (Fsp3) is 0.318. The Bertz CT molecular complexity index is 1020. The normalized spacial score (nSPS) is 13.5. The minimum Gasteiger partial charge on any atom is -0.497 e. The summed E-state index contributed by atoms with van der Waals surface area (Å²) in [6.45, 7) is 2.38. The Hall–Kier alpha value is -2.75. The maximum absolute atomic E-state index is 12.4. The van der Waals surface area contributed by atoms with Gasteiger partial charge in [0.05, 0.1) is 7.11 Å². The van der Waals surface area contributed by atoms with E-state index in [9.17, 15) is 4.79 Å². The lowest BCUT2D eigenvalue weighted by molar-refractivity contribution is 0.303. The monoisotopic (exact) mass is 350 g/mol. The molecule has 0 saturated heterocycles. The van der Waals surface area contributed by atoms with Gasteiger partial charge < -0.3 is 13.9 Å². The third-order valence-electron chi connectivity index (χ3n) is 5.12. The van der Waals surface area contributed by atoms with Gasteiger partial charge in [-0.3, -0.25) is 0 Å². The van der Waals surface area contributed by atoms with E-state index in [1.165, 1.54) is 0 Å². The highest BCUT2D eigenvalue weighted by atomic mass is 16.5. The molecule has 0 radical (unpaired) electrons. The lowest BCUT2D eigenvalue weighted by Gasteiger charge is -2.18. The summed E-state index contributed by atoms with van der Waals surface area (Å²) in [6, 6.07) is 11.8. The van der Waals surface area contributed by atoms with E-state index in [0.717, 1.165) is 64.8 Å². The minimum absolute atomic E-state index is 0.194. The van der Waals surface area contributed by atoms with Gasteiger partial charge in [0.15, 0.2) is 0 Å². The second-order valence-corrected chi connectivity index (χ2v) is 6.76. The largest absolute Gasteiger partial charge is 0.497 e. The third-order valence-corrected chi connectivity index (χ3v) is 5.12. The van der Waals surface area contributed by atoms with Gasteiger partial charge in [-0.25, -0.2) is 4.79 Å². The van der Waals surface area contributed by atoms with E-state index in [-0.39, 0.29) is 5.63 Å². The Morgan fingerprint density at radius 3 is 2.69 bits per heavy atom. The molecule has 0 N–H and O–H groups in total. The van der Waals surface area contributed by atoms with Crippen molar-refractivity contribution in [3.05, 3.63) is 69.1 Å². The molecule has 0 aliphatic heterocycles. The maximum atomic E-state index is 12.4. The average molecular weight is 350 g/mol. The van der Waals surface area contributed by atoms with Crippen molar-refractivity contribution in [2.75, 3.05) is 7.11 Å². The summed E-state index contributed by atoms with van der Waals surface area (Å²) >= 11 is 0. The first-order chi connectivity index (χ1) is 12.7. The topological polar surface area (TPSA) is 48.7 Å². The summed E-state index contributed by atoms with van der Waals surface area (Å²) in [6.07, 6.45) is 3.95. The summed E-state index contributed by atoms with van der Waals surface area (Å²) in [5.41, 5.74) is 4.36. The van der Waals surface area contributed by atoms with Gasteiger partial charge in [0.1, 0.15) is 23.7 Å². The predicted octanol–water partition coefficient (Wildman–Crippen LogP) is 4.57. The van der Waals surface area contributed by atoms with Crippen LogP contribution in [-0.4, -0.2) is 7.11 Å². The number of ether oxygens (including phenoxy) is 2. The van der Waals surface area contributed by atoms with E-state index in [0.29, 0.717) is 12.2 Å². The van der Waals surface area contributed by atoms with Crippen LogP contribution < -0.4 is 15.1 Å². The second-order valence-electron chi connectivity index (χ2n) is 6.76. The average Bonchev–Trinajstić information content (AvgIpc) is 2.68. The van der Waals surface area contributed by atoms with Crippen molar-refractivity contribution in [3.8, 4) is 11.5 Å². The predicted molar refractivity (Wildman–Crippen MR) is 101 cm³/mol. The van der Waals surface area contributed by atoms with Crippen LogP contribution in [0.2, 0.25) is 0 Å². The van der Waals surface area contributed by atoms with E-state index >= 15 is 0 Å². The summed E-state index contributed by atoms with van der Waals surface area (Å²) in [4.78, 5) is 12.4. The first kappa shape index (κ1) is 16.7. The van der Waals surface area contributed by atoms with Crippen LogP contribution in [0.15, 0.2) is 45.6 Å². The number of benzene rings is 2. The molecule has 0 atom stereocenters. The maximum Gasteiger partial charge on any atom is 0.339 e. The van der Waals surface area contributed by atoms with Crippen molar-refractivity contribution in [2.45, 2.75) is 39.2 Å². The fourth-order valence-corrected chi connectivity index (χ4v) is 3.70. The summed E-state index contributed by atoms with van der Waals surface area (Å²) in [5, 5.41) is 1.05. The molecule has 4 nitrogen and oxygen atoms in total. The van der Waals surface area contributed by atoms with Crippen molar-refractivity contribution in [1.82, 2.24) is 0 Å². The molecule has 0 amide bonds. The van der Waals surface area contributed by atoms with E-state index in [4.69, 9.17) is 13.9 Å². The van der Waals surface area contributed by atoms with Crippen molar-refractivity contribution >= 4 is 11.0 Å². The van der Waals surface area contributed by atoms with Gasteiger partial charge in [0.25, 0.3) is 0 Å². The first-order valence-corrected chi connectivity index (χ1v) is 9.01. The molecule has 4 heteroatoms. The van der Waals surface area contributed by atoms with Crippen molar-refractivity contribution < 1.29 is 13.9 Å². The van der Waals surface area contributed by atoms with Crippen LogP contribution in [0, 0.1) is 6.92 Å². The lowest BCUT2D eigenvalue weighted by Crippen LogP contribution is -2.16. The SMILES string of the molecule is COc1cccc(COc2ccc3c4c(c(=O)oc3c2C)CCCC4)c1. The highest BCUT2D eigenvalue weighted by Crippen LogP contribution is 2.32. The highest BCUT2D eigenvalue weighted by Gasteiger charge is 2.20. The quantitative estimate of drug-likeness (QED) is 0.647. The van der Waals surface area contributed by atoms with Crippen LogP contribution in [-0.2, 0) is 19.4 Å².